The minimum Gasteiger partial charge on any atom is -0.345 e. The Labute approximate surface area is 177 Å². The van der Waals surface area contributed by atoms with E-state index in [4.69, 9.17) is 0 Å². The standard InChI is InChI=1S/C22H32N4O2S/c1-4-5-6-7-8-9-10-14-19(27)23-17(3)20(28)24-22-26-25-21(29-22)18-13-11-12-16(2)15-18/h11-13,15,17H,4-10,14H2,1-3H3,(H,23,27)(H,24,26,28). The van der Waals surface area contributed by atoms with Crippen LogP contribution >= 0.6 is 11.3 Å². The predicted molar refractivity (Wildman–Crippen MR) is 119 cm³/mol. The van der Waals surface area contributed by atoms with E-state index in [1.54, 1.807) is 6.92 Å². The highest BCUT2D eigenvalue weighted by Gasteiger charge is 2.17. The Bertz CT molecular complexity index is 791. The lowest BCUT2D eigenvalue weighted by Gasteiger charge is -2.12. The Kier molecular flexibility index (Phi) is 9.77. The van der Waals surface area contributed by atoms with Crippen molar-refractivity contribution in [1.29, 1.82) is 0 Å². The highest BCUT2D eigenvalue weighted by Crippen LogP contribution is 2.26. The second-order valence-corrected chi connectivity index (χ2v) is 8.41. The number of rotatable bonds is 12. The molecule has 0 saturated carbocycles. The number of aromatic nitrogens is 2. The van der Waals surface area contributed by atoms with Gasteiger partial charge in [0.15, 0.2) is 0 Å². The molecule has 1 heterocycles. The summed E-state index contributed by atoms with van der Waals surface area (Å²) in [6.07, 6.45) is 8.59. The first-order valence-electron chi connectivity index (χ1n) is 10.5. The smallest absolute Gasteiger partial charge is 0.248 e. The average Bonchev–Trinajstić information content (AvgIpc) is 3.15. The fourth-order valence-electron chi connectivity index (χ4n) is 3.00. The topological polar surface area (TPSA) is 84.0 Å². The first-order chi connectivity index (χ1) is 14.0. The van der Waals surface area contributed by atoms with Gasteiger partial charge in [-0.3, -0.25) is 14.9 Å². The van der Waals surface area contributed by atoms with Crippen LogP contribution in [-0.4, -0.2) is 28.1 Å². The molecule has 2 rings (SSSR count). The van der Waals surface area contributed by atoms with E-state index >= 15 is 0 Å². The van der Waals surface area contributed by atoms with Crippen molar-refractivity contribution in [2.24, 2.45) is 0 Å². The monoisotopic (exact) mass is 416 g/mol. The van der Waals surface area contributed by atoms with Crippen molar-refractivity contribution in [3.8, 4) is 10.6 Å². The summed E-state index contributed by atoms with van der Waals surface area (Å²) in [6, 6.07) is 7.36. The summed E-state index contributed by atoms with van der Waals surface area (Å²) in [7, 11) is 0. The molecule has 0 radical (unpaired) electrons. The number of hydrogen-bond acceptors (Lipinski definition) is 5. The Balaban J connectivity index is 1.71. The van der Waals surface area contributed by atoms with Crippen LogP contribution in [0.2, 0.25) is 0 Å². The third kappa shape index (κ3) is 8.31. The second-order valence-electron chi connectivity index (χ2n) is 7.43. The number of benzene rings is 1. The molecule has 29 heavy (non-hydrogen) atoms. The Morgan fingerprint density at radius 3 is 2.52 bits per heavy atom. The van der Waals surface area contributed by atoms with Gasteiger partial charge in [-0.2, -0.15) is 0 Å². The number of unbranched alkanes of at least 4 members (excludes halogenated alkanes) is 6. The van der Waals surface area contributed by atoms with Crippen molar-refractivity contribution >= 4 is 28.3 Å². The molecule has 158 valence electrons. The lowest BCUT2D eigenvalue weighted by molar-refractivity contribution is -0.126. The Morgan fingerprint density at radius 2 is 1.79 bits per heavy atom. The van der Waals surface area contributed by atoms with E-state index in [1.165, 1.54) is 43.4 Å². The van der Waals surface area contributed by atoms with Crippen LogP contribution in [0.4, 0.5) is 5.13 Å². The summed E-state index contributed by atoms with van der Waals surface area (Å²) in [5.74, 6) is -0.372. The van der Waals surface area contributed by atoms with Crippen molar-refractivity contribution in [2.75, 3.05) is 5.32 Å². The van der Waals surface area contributed by atoms with Gasteiger partial charge in [0.05, 0.1) is 0 Å². The summed E-state index contributed by atoms with van der Waals surface area (Å²) in [4.78, 5) is 24.4. The second kappa shape index (κ2) is 12.3. The summed E-state index contributed by atoms with van der Waals surface area (Å²) >= 11 is 1.32. The fraction of sp³-hybridized carbons (Fsp3) is 0.545. The van der Waals surface area contributed by atoms with Gasteiger partial charge in [-0.15, -0.1) is 10.2 Å². The highest BCUT2D eigenvalue weighted by atomic mass is 32.1. The third-order valence-corrected chi connectivity index (χ3v) is 5.59. The van der Waals surface area contributed by atoms with Crippen LogP contribution < -0.4 is 10.6 Å². The number of carbonyl (C=O) groups excluding carboxylic acids is 2. The minimum atomic E-state index is -0.613. The summed E-state index contributed by atoms with van der Waals surface area (Å²) in [5.41, 5.74) is 2.11. The van der Waals surface area contributed by atoms with Gasteiger partial charge in [-0.05, 0) is 26.3 Å². The average molecular weight is 417 g/mol. The van der Waals surface area contributed by atoms with Crippen LogP contribution in [0.25, 0.3) is 10.6 Å². The molecule has 6 nitrogen and oxygen atoms in total. The number of anilines is 1. The van der Waals surface area contributed by atoms with Gasteiger partial charge >= 0.3 is 0 Å². The molecule has 0 aliphatic carbocycles. The maximum Gasteiger partial charge on any atom is 0.248 e. The molecular weight excluding hydrogens is 384 g/mol. The van der Waals surface area contributed by atoms with Gasteiger partial charge < -0.3 is 5.32 Å². The van der Waals surface area contributed by atoms with Crippen LogP contribution in [0.3, 0.4) is 0 Å². The van der Waals surface area contributed by atoms with Crippen molar-refractivity contribution in [1.82, 2.24) is 15.5 Å². The number of hydrogen-bond donors (Lipinski definition) is 2. The zero-order valence-electron chi connectivity index (χ0n) is 17.7. The van der Waals surface area contributed by atoms with E-state index in [2.05, 4.69) is 27.8 Å². The van der Waals surface area contributed by atoms with Crippen LogP contribution in [0, 0.1) is 6.92 Å². The van der Waals surface area contributed by atoms with Crippen molar-refractivity contribution in [3.63, 3.8) is 0 Å². The molecule has 7 heteroatoms. The van der Waals surface area contributed by atoms with Crippen LogP contribution in [-0.2, 0) is 9.59 Å². The van der Waals surface area contributed by atoms with Gasteiger partial charge in [-0.25, -0.2) is 0 Å². The molecule has 0 spiro atoms. The molecule has 0 aliphatic rings. The van der Waals surface area contributed by atoms with E-state index < -0.39 is 6.04 Å². The van der Waals surface area contributed by atoms with Gasteiger partial charge in [0.2, 0.25) is 16.9 Å². The predicted octanol–water partition coefficient (Wildman–Crippen LogP) is 5.10. The van der Waals surface area contributed by atoms with Crippen LogP contribution in [0.15, 0.2) is 24.3 Å². The first kappa shape index (κ1) is 23.0. The van der Waals surface area contributed by atoms with Crippen molar-refractivity contribution in [3.05, 3.63) is 29.8 Å². The maximum absolute atomic E-state index is 12.3. The lowest BCUT2D eigenvalue weighted by atomic mass is 10.1. The molecule has 0 fully saturated rings. The lowest BCUT2D eigenvalue weighted by Crippen LogP contribution is -2.41. The zero-order valence-corrected chi connectivity index (χ0v) is 18.5. The van der Waals surface area contributed by atoms with Gasteiger partial charge in [0.25, 0.3) is 0 Å². The molecule has 2 aromatic rings. The number of amides is 2. The van der Waals surface area contributed by atoms with E-state index in [1.807, 2.05) is 31.2 Å². The summed E-state index contributed by atoms with van der Waals surface area (Å²) < 4.78 is 0. The number of carbonyl (C=O) groups is 2. The van der Waals surface area contributed by atoms with E-state index in [0.717, 1.165) is 29.0 Å². The quantitative estimate of drug-likeness (QED) is 0.472. The number of aryl methyl sites for hydroxylation is 1. The summed E-state index contributed by atoms with van der Waals surface area (Å²) in [6.45, 7) is 5.90. The molecular formula is C22H32N4O2S. The third-order valence-electron chi connectivity index (χ3n) is 4.70. The minimum absolute atomic E-state index is 0.0843. The molecule has 1 aromatic heterocycles. The number of nitrogens with one attached hydrogen (secondary N) is 2. The molecule has 0 saturated heterocycles. The zero-order chi connectivity index (χ0) is 21.1. The van der Waals surface area contributed by atoms with Gasteiger partial charge in [0, 0.05) is 12.0 Å². The maximum atomic E-state index is 12.3. The molecule has 2 N–H and O–H groups in total. The molecule has 1 atom stereocenters. The van der Waals surface area contributed by atoms with Crippen LogP contribution in [0.1, 0.15) is 70.8 Å². The Morgan fingerprint density at radius 1 is 1.07 bits per heavy atom. The first-order valence-corrected chi connectivity index (χ1v) is 11.3. The van der Waals surface area contributed by atoms with Crippen LogP contribution in [0.5, 0.6) is 0 Å². The SMILES string of the molecule is CCCCCCCCCC(=O)NC(C)C(=O)Nc1nnc(-c2cccc(C)c2)s1. The largest absolute Gasteiger partial charge is 0.345 e. The molecule has 1 aromatic carbocycles. The van der Waals surface area contributed by atoms with Gasteiger partial charge in [-0.1, -0.05) is 80.5 Å². The summed E-state index contributed by atoms with van der Waals surface area (Å²) in [5, 5.41) is 14.9. The van der Waals surface area contributed by atoms with Gasteiger partial charge in [0.1, 0.15) is 11.0 Å². The van der Waals surface area contributed by atoms with E-state index in [-0.39, 0.29) is 11.8 Å². The molecule has 0 bridgehead atoms. The van der Waals surface area contributed by atoms with Crippen molar-refractivity contribution < 1.29 is 9.59 Å². The molecule has 1 unspecified atom stereocenters. The molecule has 2 amide bonds. The van der Waals surface area contributed by atoms with Crippen molar-refractivity contribution in [2.45, 2.75) is 78.2 Å². The van der Waals surface area contributed by atoms with E-state index in [9.17, 15) is 9.59 Å². The molecule has 0 aliphatic heterocycles. The number of nitrogens with zero attached hydrogens (tertiary/aromatic N) is 2. The highest BCUT2D eigenvalue weighted by molar-refractivity contribution is 7.18. The Hall–Kier alpha value is -2.28. The normalized spacial score (nSPS) is 11.8. The fourth-order valence-corrected chi connectivity index (χ4v) is 3.75. The van der Waals surface area contributed by atoms with E-state index in [0.29, 0.717) is 11.6 Å².